The molecule has 0 fully saturated rings. The Morgan fingerprint density at radius 1 is 0.780 bits per heavy atom. The van der Waals surface area contributed by atoms with Gasteiger partial charge < -0.3 is 24.8 Å². The van der Waals surface area contributed by atoms with E-state index in [9.17, 15) is 0 Å². The Morgan fingerprint density at radius 3 is 1.90 bits per heavy atom. The third kappa shape index (κ3) is 9.89. The van der Waals surface area contributed by atoms with Crippen LogP contribution in [0.15, 0.2) is 121 Å². The van der Waals surface area contributed by atoms with Gasteiger partial charge in [-0.3, -0.25) is 6.08 Å². The van der Waals surface area contributed by atoms with E-state index < -0.39 is 0 Å². The van der Waals surface area contributed by atoms with Crippen molar-refractivity contribution >= 4 is 3.21 Å². The summed E-state index contributed by atoms with van der Waals surface area (Å²) >= 11 is 1.46. The first kappa shape index (κ1) is 34.9. The van der Waals surface area contributed by atoms with E-state index in [2.05, 4.69) is 149 Å². The van der Waals surface area contributed by atoms with Gasteiger partial charge in [-0.15, -0.1) is 5.56 Å². The van der Waals surface area contributed by atoms with Crippen LogP contribution in [0.25, 0.3) is 11.1 Å². The molecule has 3 heteroatoms. The maximum Gasteiger partial charge on any atom is -0.0253 e. The topological polar surface area (TPSA) is 0 Å². The third-order valence-electron chi connectivity index (χ3n) is 7.04. The van der Waals surface area contributed by atoms with Gasteiger partial charge in [0.1, 0.15) is 0 Å². The van der Waals surface area contributed by atoms with Crippen LogP contribution in [0, 0.1) is 23.5 Å². The molecule has 41 heavy (non-hydrogen) atoms. The molecule has 0 saturated heterocycles. The zero-order valence-electron chi connectivity index (χ0n) is 24.4. The normalized spacial score (nSPS) is 14.0. The summed E-state index contributed by atoms with van der Waals surface area (Å²) in [5.74, 6) is 0.587. The fraction of sp³-hybridized carbons (Fsp3) is 0.237. The molecule has 0 nitrogen and oxygen atoms in total. The Labute approximate surface area is 275 Å². The number of rotatable bonds is 4. The second-order valence-electron chi connectivity index (χ2n) is 11.1. The molecule has 0 radical (unpaired) electrons. The Bertz CT molecular complexity index is 1350. The van der Waals surface area contributed by atoms with Crippen LogP contribution >= 0.6 is 0 Å². The van der Waals surface area contributed by atoms with E-state index in [0.29, 0.717) is 11.3 Å². The standard InChI is InChI=1S/C13H9.C13H10.C12H19.2ClH.Zr/c1-3-7-12-10(5-1)9-11-6-2-4-8-13(11)12;1-3-7-12(8-4-1)11-13-9-5-2-6-10-13;1-5-6-10-7-8-11(9-10)12(2,3)4;;;/h1-5,7-8H,9H2;1-10H;8-10H,5-6H2,1-4H3;2*1H;/q-1;;-1;;;+2/p-2. The molecule has 4 aromatic carbocycles. The first-order valence-electron chi connectivity index (χ1n) is 14.0. The molecule has 4 aromatic rings. The van der Waals surface area contributed by atoms with Gasteiger partial charge in [0.2, 0.25) is 0 Å². The number of halogens is 2. The van der Waals surface area contributed by atoms with E-state index in [0.717, 1.165) is 6.42 Å². The van der Waals surface area contributed by atoms with Gasteiger partial charge in [0.05, 0.1) is 0 Å². The first-order chi connectivity index (χ1) is 18.9. The fourth-order valence-electron chi connectivity index (χ4n) is 4.83. The number of hydrogen-bond acceptors (Lipinski definition) is 0. The van der Waals surface area contributed by atoms with Gasteiger partial charge in [-0.25, -0.2) is 6.08 Å². The number of allylic oxidation sites excluding steroid dienone is 4. The van der Waals surface area contributed by atoms with Crippen LogP contribution in [0.1, 0.15) is 62.8 Å². The summed E-state index contributed by atoms with van der Waals surface area (Å²) in [6.45, 7) is 8.99. The largest absolute Gasteiger partial charge is 0.179 e. The third-order valence-corrected chi connectivity index (χ3v) is 8.46. The van der Waals surface area contributed by atoms with Crippen LogP contribution in [-0.2, 0) is 30.7 Å². The molecule has 1 unspecified atom stereocenters. The van der Waals surface area contributed by atoms with E-state index >= 15 is 0 Å². The van der Waals surface area contributed by atoms with E-state index in [1.165, 1.54) is 79.2 Å². The summed E-state index contributed by atoms with van der Waals surface area (Å²) in [4.78, 5) is 0. The molecule has 0 aromatic heterocycles. The van der Waals surface area contributed by atoms with Gasteiger partial charge in [-0.1, -0.05) is 87.3 Å². The van der Waals surface area contributed by atoms with Crippen LogP contribution < -0.4 is 24.8 Å². The second kappa shape index (κ2) is 17.0. The number of hydrogen-bond donors (Lipinski definition) is 0. The minimum Gasteiger partial charge on any atom is -0.179 e. The Hall–Kier alpha value is -2.31. The molecule has 0 N–H and O–H groups in total. The van der Waals surface area contributed by atoms with Gasteiger partial charge in [-0.05, 0) is 6.42 Å². The minimum atomic E-state index is 0. The molecule has 0 spiro atoms. The zero-order chi connectivity index (χ0) is 27.7. The average molecular weight is 657 g/mol. The quantitative estimate of drug-likeness (QED) is 0.260. The van der Waals surface area contributed by atoms with Crippen molar-refractivity contribution in [1.82, 2.24) is 0 Å². The SMILES string of the molecule is CCCC1[C-]=CC(C(C)(C)C)=C1.[Cl-].[Cl-].[Zr+2]=[C](c1ccccc1)c1ccccc1.[c-]1cccc2c1Cc1ccccc1-2. The molecule has 0 amide bonds. The van der Waals surface area contributed by atoms with Crippen LogP contribution in [0.4, 0.5) is 0 Å². The maximum atomic E-state index is 3.40. The average Bonchev–Trinajstić information content (AvgIpc) is 3.60. The summed E-state index contributed by atoms with van der Waals surface area (Å²) in [7, 11) is 0. The molecule has 0 aliphatic heterocycles. The molecule has 0 saturated carbocycles. The van der Waals surface area contributed by atoms with E-state index in [1.54, 1.807) is 0 Å². The fourth-order valence-corrected chi connectivity index (χ4v) is 5.65. The molecule has 0 bridgehead atoms. The van der Waals surface area contributed by atoms with Crippen molar-refractivity contribution in [3.63, 3.8) is 0 Å². The molecular weight excluding hydrogens is 619 g/mol. The number of benzene rings is 4. The maximum absolute atomic E-state index is 3.40. The van der Waals surface area contributed by atoms with Crippen molar-refractivity contribution < 1.29 is 49.0 Å². The van der Waals surface area contributed by atoms with Gasteiger partial charge >= 0.3 is 99.2 Å². The molecule has 2 aliphatic carbocycles. The summed E-state index contributed by atoms with van der Waals surface area (Å²) in [5.41, 5.74) is 9.92. The Balaban J connectivity index is 0.000000211. The van der Waals surface area contributed by atoms with Crippen molar-refractivity contribution in [1.29, 1.82) is 0 Å². The summed E-state index contributed by atoms with van der Waals surface area (Å²) in [5, 5.41) is 0. The van der Waals surface area contributed by atoms with Gasteiger partial charge in [-0.2, -0.15) is 41.5 Å². The minimum absolute atomic E-state index is 0. The molecule has 0 heterocycles. The van der Waals surface area contributed by atoms with Crippen LogP contribution in [0.2, 0.25) is 0 Å². The molecular formula is C38H38Cl2Zr-2. The summed E-state index contributed by atoms with van der Waals surface area (Å²) in [6.07, 6.45) is 11.5. The smallest absolute Gasteiger partial charge is 0.0253 e. The van der Waals surface area contributed by atoms with Crippen molar-refractivity contribution in [2.45, 2.75) is 47.0 Å². The second-order valence-corrected chi connectivity index (χ2v) is 12.3. The monoisotopic (exact) mass is 654 g/mol. The zero-order valence-corrected chi connectivity index (χ0v) is 28.4. The van der Waals surface area contributed by atoms with Gasteiger partial charge in [0.15, 0.2) is 0 Å². The van der Waals surface area contributed by atoms with Crippen molar-refractivity contribution in [2.24, 2.45) is 11.3 Å². The molecule has 210 valence electrons. The van der Waals surface area contributed by atoms with E-state index in [1.807, 2.05) is 6.07 Å². The summed E-state index contributed by atoms with van der Waals surface area (Å²) in [6, 6.07) is 39.2. The molecule has 6 rings (SSSR count). The van der Waals surface area contributed by atoms with E-state index in [-0.39, 0.29) is 24.8 Å². The Morgan fingerprint density at radius 2 is 1.34 bits per heavy atom. The van der Waals surface area contributed by atoms with Crippen molar-refractivity contribution in [2.75, 3.05) is 0 Å². The predicted molar refractivity (Wildman–Crippen MR) is 163 cm³/mol. The van der Waals surface area contributed by atoms with Crippen molar-refractivity contribution in [3.05, 3.63) is 155 Å². The summed E-state index contributed by atoms with van der Waals surface area (Å²) < 4.78 is 1.42. The van der Waals surface area contributed by atoms with Crippen LogP contribution in [-0.4, -0.2) is 3.21 Å². The van der Waals surface area contributed by atoms with Crippen LogP contribution in [0.3, 0.4) is 0 Å². The molecule has 2 aliphatic rings. The predicted octanol–water partition coefficient (Wildman–Crippen LogP) is 3.62. The van der Waals surface area contributed by atoms with Crippen LogP contribution in [0.5, 0.6) is 0 Å². The Kier molecular flexibility index (Phi) is 14.4. The first-order valence-corrected chi connectivity index (χ1v) is 15.2. The van der Waals surface area contributed by atoms with Crippen molar-refractivity contribution in [3.8, 4) is 11.1 Å². The van der Waals surface area contributed by atoms with E-state index in [4.69, 9.17) is 0 Å². The van der Waals surface area contributed by atoms with Gasteiger partial charge in [0.25, 0.3) is 0 Å². The number of fused-ring (bicyclic) bond motifs is 3. The van der Waals surface area contributed by atoms with Gasteiger partial charge in [0, 0.05) is 0 Å². The molecule has 1 atom stereocenters.